The van der Waals surface area contributed by atoms with E-state index in [2.05, 4.69) is 26.6 Å². The van der Waals surface area contributed by atoms with Gasteiger partial charge in [0, 0.05) is 10.7 Å². The summed E-state index contributed by atoms with van der Waals surface area (Å²) in [5, 5.41) is 5.36. The molecule has 8 nitrogen and oxygen atoms in total. The molecule has 182 valence electrons. The molecule has 0 aromatic heterocycles. The van der Waals surface area contributed by atoms with Crippen molar-refractivity contribution in [1.29, 1.82) is 0 Å². The summed E-state index contributed by atoms with van der Waals surface area (Å²) in [6.45, 7) is 1.74. The van der Waals surface area contributed by atoms with Crippen LogP contribution in [-0.4, -0.2) is 30.4 Å². The van der Waals surface area contributed by atoms with Crippen LogP contribution in [0.25, 0.3) is 6.08 Å². The first kappa shape index (κ1) is 25.2. The number of hydrogen-bond acceptors (Lipinski definition) is 5. The number of rotatable bonds is 6. The number of anilines is 2. The fourth-order valence-electron chi connectivity index (χ4n) is 3.35. The van der Waals surface area contributed by atoms with Crippen LogP contribution in [0.3, 0.4) is 0 Å². The molecule has 1 fully saturated rings. The summed E-state index contributed by atoms with van der Waals surface area (Å²) in [5.74, 6) is -1.50. The Kier molecular flexibility index (Phi) is 7.52. The second-order valence-electron chi connectivity index (χ2n) is 7.83. The van der Waals surface area contributed by atoms with E-state index in [1.165, 1.54) is 30.3 Å². The summed E-state index contributed by atoms with van der Waals surface area (Å²) in [5.41, 5.74) is 2.30. The van der Waals surface area contributed by atoms with Crippen molar-refractivity contribution in [2.45, 2.75) is 6.92 Å². The highest BCUT2D eigenvalue weighted by Gasteiger charge is 2.36. The van der Waals surface area contributed by atoms with Crippen LogP contribution in [0.5, 0.6) is 5.75 Å². The van der Waals surface area contributed by atoms with E-state index in [0.29, 0.717) is 26.5 Å². The fraction of sp³-hybridized carbons (Fsp3) is 0.0769. The van der Waals surface area contributed by atoms with Crippen molar-refractivity contribution >= 4 is 68.7 Å². The maximum Gasteiger partial charge on any atom is 0.335 e. The lowest BCUT2D eigenvalue weighted by Gasteiger charge is -2.26. The van der Waals surface area contributed by atoms with E-state index < -0.39 is 17.8 Å². The smallest absolute Gasteiger partial charge is 0.335 e. The van der Waals surface area contributed by atoms with Crippen molar-refractivity contribution in [2.75, 3.05) is 16.8 Å². The largest absolute Gasteiger partial charge is 0.483 e. The normalized spacial score (nSPS) is 14.6. The Morgan fingerprint density at radius 1 is 1.06 bits per heavy atom. The molecule has 1 saturated heterocycles. The average Bonchev–Trinajstić information content (AvgIpc) is 2.84. The molecular weight excluding hydrogens is 550 g/mol. The highest BCUT2D eigenvalue weighted by Crippen LogP contribution is 2.28. The first-order chi connectivity index (χ1) is 17.2. The van der Waals surface area contributed by atoms with Gasteiger partial charge in [0.15, 0.2) is 6.61 Å². The van der Waals surface area contributed by atoms with E-state index in [1.54, 1.807) is 30.3 Å². The minimum Gasteiger partial charge on any atom is -0.483 e. The lowest BCUT2D eigenvalue weighted by Crippen LogP contribution is -2.54. The second-order valence-corrected chi connectivity index (χ2v) is 9.12. The molecule has 0 atom stereocenters. The van der Waals surface area contributed by atoms with Crippen LogP contribution in [0.15, 0.2) is 76.8 Å². The third kappa shape index (κ3) is 5.81. The summed E-state index contributed by atoms with van der Waals surface area (Å²) < 4.78 is 6.10. The van der Waals surface area contributed by atoms with Gasteiger partial charge in [-0.1, -0.05) is 35.4 Å². The standard InChI is InChI=1S/C26H19BrClN3O5/c1-15-2-7-18(8-3-15)29-23(32)14-36-22-11-4-16(13-21(22)27)12-20-24(33)30-26(35)31(25(20)34)19-9-5-17(28)6-10-19/h2-13H,14H2,1H3,(H,29,32)(H,30,33,35)/b20-12+. The van der Waals surface area contributed by atoms with Gasteiger partial charge in [0.05, 0.1) is 10.2 Å². The molecule has 0 aliphatic carbocycles. The van der Waals surface area contributed by atoms with E-state index in [1.807, 2.05) is 19.1 Å². The van der Waals surface area contributed by atoms with Gasteiger partial charge in [-0.05, 0) is 83.0 Å². The molecule has 1 heterocycles. The minimum atomic E-state index is -0.849. The lowest BCUT2D eigenvalue weighted by molar-refractivity contribution is -0.122. The number of imide groups is 2. The highest BCUT2D eigenvalue weighted by atomic mass is 79.9. The van der Waals surface area contributed by atoms with Gasteiger partial charge in [0.2, 0.25) is 0 Å². The van der Waals surface area contributed by atoms with Crippen LogP contribution in [0.2, 0.25) is 5.02 Å². The van der Waals surface area contributed by atoms with Gasteiger partial charge < -0.3 is 10.1 Å². The predicted octanol–water partition coefficient (Wildman–Crippen LogP) is 5.09. The molecule has 4 rings (SSSR count). The average molecular weight is 569 g/mol. The Hall–Kier alpha value is -3.95. The van der Waals surface area contributed by atoms with Crippen molar-refractivity contribution in [3.63, 3.8) is 0 Å². The maximum atomic E-state index is 13.0. The van der Waals surface area contributed by atoms with Gasteiger partial charge in [0.1, 0.15) is 11.3 Å². The molecule has 0 bridgehead atoms. The Morgan fingerprint density at radius 3 is 2.42 bits per heavy atom. The molecule has 3 aromatic rings. The summed E-state index contributed by atoms with van der Waals surface area (Å²) in [6.07, 6.45) is 1.37. The molecule has 3 aromatic carbocycles. The number of barbiturate groups is 1. The molecule has 0 radical (unpaired) electrons. The summed E-state index contributed by atoms with van der Waals surface area (Å²) >= 11 is 9.27. The van der Waals surface area contributed by atoms with Gasteiger partial charge in [-0.15, -0.1) is 0 Å². The van der Waals surface area contributed by atoms with Crippen LogP contribution in [-0.2, 0) is 14.4 Å². The minimum absolute atomic E-state index is 0.216. The number of carbonyl (C=O) groups is 4. The molecule has 0 unspecified atom stereocenters. The van der Waals surface area contributed by atoms with Crippen LogP contribution in [0.4, 0.5) is 16.2 Å². The molecule has 5 amide bonds. The monoisotopic (exact) mass is 567 g/mol. The topological polar surface area (TPSA) is 105 Å². The SMILES string of the molecule is Cc1ccc(NC(=O)COc2ccc(/C=C3\C(=O)NC(=O)N(c4ccc(Cl)cc4)C3=O)cc2Br)cc1. The van der Waals surface area contributed by atoms with E-state index in [4.69, 9.17) is 16.3 Å². The first-order valence-electron chi connectivity index (χ1n) is 10.7. The quantitative estimate of drug-likeness (QED) is 0.318. The third-order valence-corrected chi connectivity index (χ3v) is 6.02. The number of nitrogens with one attached hydrogen (secondary N) is 2. The highest BCUT2D eigenvalue weighted by molar-refractivity contribution is 9.10. The van der Waals surface area contributed by atoms with Crippen molar-refractivity contribution < 1.29 is 23.9 Å². The number of nitrogens with zero attached hydrogens (tertiary/aromatic N) is 1. The van der Waals surface area contributed by atoms with Crippen LogP contribution in [0.1, 0.15) is 11.1 Å². The summed E-state index contributed by atoms with van der Waals surface area (Å²) in [7, 11) is 0. The Labute approximate surface area is 220 Å². The van der Waals surface area contributed by atoms with Gasteiger partial charge in [-0.25, -0.2) is 9.69 Å². The molecule has 36 heavy (non-hydrogen) atoms. The first-order valence-corrected chi connectivity index (χ1v) is 11.8. The van der Waals surface area contributed by atoms with Crippen molar-refractivity contribution in [3.8, 4) is 5.75 Å². The van der Waals surface area contributed by atoms with Crippen LogP contribution < -0.4 is 20.3 Å². The molecule has 1 aliphatic rings. The number of amides is 5. The Balaban J connectivity index is 1.47. The van der Waals surface area contributed by atoms with Crippen molar-refractivity contribution in [3.05, 3.63) is 92.9 Å². The van der Waals surface area contributed by atoms with E-state index in [0.717, 1.165) is 10.5 Å². The van der Waals surface area contributed by atoms with Gasteiger partial charge in [-0.3, -0.25) is 19.7 Å². The van der Waals surface area contributed by atoms with E-state index >= 15 is 0 Å². The number of urea groups is 1. The molecule has 1 aliphatic heterocycles. The van der Waals surface area contributed by atoms with Gasteiger partial charge in [-0.2, -0.15) is 0 Å². The van der Waals surface area contributed by atoms with Gasteiger partial charge in [0.25, 0.3) is 17.7 Å². The summed E-state index contributed by atoms with van der Waals surface area (Å²) in [4.78, 5) is 50.8. The number of benzene rings is 3. The number of ether oxygens (including phenoxy) is 1. The zero-order valence-corrected chi connectivity index (χ0v) is 21.2. The number of hydrogen-bond donors (Lipinski definition) is 2. The molecular formula is C26H19BrClN3O5. The molecule has 0 saturated carbocycles. The van der Waals surface area contributed by atoms with E-state index in [9.17, 15) is 19.2 Å². The van der Waals surface area contributed by atoms with Crippen LogP contribution >= 0.6 is 27.5 Å². The van der Waals surface area contributed by atoms with Gasteiger partial charge >= 0.3 is 6.03 Å². The van der Waals surface area contributed by atoms with E-state index in [-0.39, 0.29) is 23.8 Å². The number of halogens is 2. The zero-order chi connectivity index (χ0) is 25.8. The Morgan fingerprint density at radius 2 is 1.75 bits per heavy atom. The predicted molar refractivity (Wildman–Crippen MR) is 140 cm³/mol. The van der Waals surface area contributed by atoms with Crippen LogP contribution in [0, 0.1) is 6.92 Å². The van der Waals surface area contributed by atoms with Crippen molar-refractivity contribution in [1.82, 2.24) is 5.32 Å². The zero-order valence-electron chi connectivity index (χ0n) is 18.9. The Bertz CT molecular complexity index is 1390. The maximum absolute atomic E-state index is 13.0. The molecule has 2 N–H and O–H groups in total. The molecule has 10 heteroatoms. The lowest BCUT2D eigenvalue weighted by atomic mass is 10.1. The number of carbonyl (C=O) groups excluding carboxylic acids is 4. The fourth-order valence-corrected chi connectivity index (χ4v) is 3.99. The number of aryl methyl sites for hydroxylation is 1. The van der Waals surface area contributed by atoms with Crippen molar-refractivity contribution in [2.24, 2.45) is 0 Å². The molecule has 0 spiro atoms. The second kappa shape index (κ2) is 10.8. The summed E-state index contributed by atoms with van der Waals surface area (Å²) in [6, 6.07) is 17.5. The third-order valence-electron chi connectivity index (χ3n) is 5.15.